The van der Waals surface area contributed by atoms with Crippen LogP contribution in [0.15, 0.2) is 152 Å². The molecule has 0 aliphatic carbocycles. The van der Waals surface area contributed by atoms with E-state index in [9.17, 15) is 0 Å². The molecule has 0 amide bonds. The average molecular weight is 613 g/mol. The zero-order chi connectivity index (χ0) is 26.2. The maximum atomic E-state index is 2.38. The molecule has 0 radical (unpaired) electrons. The van der Waals surface area contributed by atoms with Crippen molar-refractivity contribution in [3.63, 3.8) is 0 Å². The molecule has 0 atom stereocenters. The van der Waals surface area contributed by atoms with Crippen LogP contribution in [0.25, 0.3) is 55.0 Å². The van der Waals surface area contributed by atoms with E-state index in [4.69, 9.17) is 0 Å². The normalized spacial score (nSPS) is 11.2. The van der Waals surface area contributed by atoms with Gasteiger partial charge in [-0.2, -0.15) is 0 Å². The summed E-state index contributed by atoms with van der Waals surface area (Å²) in [4.78, 5) is 0. The quantitative estimate of drug-likeness (QED) is 0.172. The fraction of sp³-hybridized carbons (Fsp3) is 0. The summed E-state index contributed by atoms with van der Waals surface area (Å²) in [6.45, 7) is 0. The third-order valence-electron chi connectivity index (χ3n) is 7.24. The molecule has 0 N–H and O–H groups in total. The zero-order valence-corrected chi connectivity index (χ0v) is 23.4. The van der Waals surface area contributed by atoms with Gasteiger partial charge in [-0.25, -0.2) is 0 Å². The van der Waals surface area contributed by atoms with Crippen molar-refractivity contribution in [2.45, 2.75) is 0 Å². The molecule has 8 aromatic rings. The van der Waals surface area contributed by atoms with Crippen LogP contribution in [-0.2, 0) is 0 Å². The third-order valence-corrected chi connectivity index (χ3v) is 7.91. The zero-order valence-electron chi connectivity index (χ0n) is 21.2. The molecule has 0 spiro atoms. The number of rotatable bonds is 2. The summed E-state index contributed by atoms with van der Waals surface area (Å²) in [5.41, 5.74) is 7.46. The Balaban J connectivity index is 0.000000130. The number of para-hydroxylation sites is 5. The molecule has 2 aromatic heterocycles. The number of hydrogen-bond donors (Lipinski definition) is 0. The molecule has 0 unspecified atom stereocenters. The Kier molecular flexibility index (Phi) is 6.14. The van der Waals surface area contributed by atoms with Gasteiger partial charge in [0.2, 0.25) is 0 Å². The molecule has 0 aliphatic rings. The van der Waals surface area contributed by atoms with Gasteiger partial charge >= 0.3 is 0 Å². The molecule has 0 saturated carbocycles. The van der Waals surface area contributed by atoms with Crippen molar-refractivity contribution in [3.05, 3.63) is 155 Å². The van der Waals surface area contributed by atoms with E-state index in [1.54, 1.807) is 0 Å². The first kappa shape index (κ1) is 23.7. The smallest absolute Gasteiger partial charge is 0.0541 e. The van der Waals surface area contributed by atoms with Gasteiger partial charge in [0.05, 0.1) is 22.1 Å². The van der Waals surface area contributed by atoms with Gasteiger partial charge in [0.25, 0.3) is 0 Å². The van der Waals surface area contributed by atoms with Gasteiger partial charge < -0.3 is 9.13 Å². The summed E-state index contributed by atoms with van der Waals surface area (Å²) in [6.07, 6.45) is 0. The van der Waals surface area contributed by atoms with Gasteiger partial charge in [-0.1, -0.05) is 91.0 Å². The second kappa shape index (κ2) is 10.1. The van der Waals surface area contributed by atoms with E-state index in [1.165, 1.54) is 58.6 Å². The molecule has 0 saturated heterocycles. The van der Waals surface area contributed by atoms with E-state index in [1.807, 2.05) is 0 Å². The Morgan fingerprint density at radius 1 is 0.333 bits per heavy atom. The molecule has 0 fully saturated rings. The standard InChI is InChI=1S/C18H12IN.C18H13N/c19-13-10-11-18-16(12-13)15-8-4-5-9-17(15)20(18)14-6-2-1-3-7-14;1-2-8-14(9-3-1)19-17-12-6-4-10-15(17)16-11-5-7-13-18(16)19/h1-12H;1-13H. The maximum absolute atomic E-state index is 2.38. The molecule has 0 bridgehead atoms. The lowest BCUT2D eigenvalue weighted by molar-refractivity contribution is 1.18. The predicted octanol–water partition coefficient (Wildman–Crippen LogP) is 10.2. The first-order chi connectivity index (χ1) is 19.3. The van der Waals surface area contributed by atoms with Gasteiger partial charge in [-0.15, -0.1) is 0 Å². The van der Waals surface area contributed by atoms with E-state index >= 15 is 0 Å². The number of nitrogens with zero attached hydrogens (tertiary/aromatic N) is 2. The molecule has 2 nitrogen and oxygen atoms in total. The van der Waals surface area contributed by atoms with E-state index in [0.29, 0.717) is 0 Å². The summed E-state index contributed by atoms with van der Waals surface area (Å²) in [6, 6.07) is 53.5. The minimum atomic E-state index is 1.21. The Morgan fingerprint density at radius 2 is 0.692 bits per heavy atom. The SMILES string of the molecule is Ic1ccc2c(c1)c1ccccc1n2-c1ccccc1.c1ccc(-n2c3ccccc3c3ccccc32)cc1. The summed E-state index contributed by atoms with van der Waals surface area (Å²) in [5.74, 6) is 0. The van der Waals surface area contributed by atoms with Gasteiger partial charge in [0, 0.05) is 36.5 Å². The van der Waals surface area contributed by atoms with E-state index in [2.05, 4.69) is 183 Å². The Labute approximate surface area is 240 Å². The first-order valence-corrected chi connectivity index (χ1v) is 14.2. The van der Waals surface area contributed by atoms with Crippen LogP contribution in [0.3, 0.4) is 0 Å². The summed E-state index contributed by atoms with van der Waals surface area (Å²) < 4.78 is 5.93. The molecule has 3 heteroatoms. The van der Waals surface area contributed by atoms with E-state index in [0.717, 1.165) is 0 Å². The van der Waals surface area contributed by atoms with Gasteiger partial charge in [-0.3, -0.25) is 0 Å². The number of fused-ring (bicyclic) bond motifs is 6. The lowest BCUT2D eigenvalue weighted by Crippen LogP contribution is -1.92. The van der Waals surface area contributed by atoms with Crippen LogP contribution in [0, 0.1) is 3.57 Å². The van der Waals surface area contributed by atoms with Crippen molar-refractivity contribution in [2.24, 2.45) is 0 Å². The fourth-order valence-electron chi connectivity index (χ4n) is 5.58. The Bertz CT molecular complexity index is 2020. The number of hydrogen-bond acceptors (Lipinski definition) is 0. The summed E-state index contributed by atoms with van der Waals surface area (Å²) >= 11 is 2.38. The Hall–Kier alpha value is -4.35. The third kappa shape index (κ3) is 4.19. The summed E-state index contributed by atoms with van der Waals surface area (Å²) in [5, 5.41) is 5.24. The van der Waals surface area contributed by atoms with Crippen molar-refractivity contribution >= 4 is 66.2 Å². The molecule has 6 aromatic carbocycles. The van der Waals surface area contributed by atoms with Crippen LogP contribution in [0.5, 0.6) is 0 Å². The van der Waals surface area contributed by atoms with Crippen LogP contribution in [0.2, 0.25) is 0 Å². The van der Waals surface area contributed by atoms with Crippen LogP contribution >= 0.6 is 22.6 Å². The van der Waals surface area contributed by atoms with Gasteiger partial charge in [0.15, 0.2) is 0 Å². The topological polar surface area (TPSA) is 9.86 Å². The number of aromatic nitrogens is 2. The van der Waals surface area contributed by atoms with Crippen LogP contribution in [-0.4, -0.2) is 9.13 Å². The fourth-order valence-corrected chi connectivity index (χ4v) is 6.07. The highest BCUT2D eigenvalue weighted by atomic mass is 127. The highest BCUT2D eigenvalue weighted by Gasteiger charge is 2.12. The largest absolute Gasteiger partial charge is 0.309 e. The predicted molar refractivity (Wildman–Crippen MR) is 174 cm³/mol. The lowest BCUT2D eigenvalue weighted by atomic mass is 10.2. The highest BCUT2D eigenvalue weighted by molar-refractivity contribution is 14.1. The minimum absolute atomic E-state index is 1.21. The van der Waals surface area contributed by atoms with Gasteiger partial charge in [-0.05, 0) is 83.3 Å². The van der Waals surface area contributed by atoms with Crippen molar-refractivity contribution in [3.8, 4) is 11.4 Å². The second-order valence-electron chi connectivity index (χ2n) is 9.55. The van der Waals surface area contributed by atoms with Crippen LogP contribution in [0.4, 0.5) is 0 Å². The van der Waals surface area contributed by atoms with Crippen molar-refractivity contribution < 1.29 is 0 Å². The van der Waals surface area contributed by atoms with E-state index in [-0.39, 0.29) is 0 Å². The van der Waals surface area contributed by atoms with Crippen molar-refractivity contribution in [1.82, 2.24) is 9.13 Å². The molecule has 8 rings (SSSR count). The van der Waals surface area contributed by atoms with Crippen molar-refractivity contribution in [1.29, 1.82) is 0 Å². The monoisotopic (exact) mass is 612 g/mol. The number of halogens is 1. The van der Waals surface area contributed by atoms with Crippen molar-refractivity contribution in [2.75, 3.05) is 0 Å². The minimum Gasteiger partial charge on any atom is -0.309 e. The molecule has 186 valence electrons. The second-order valence-corrected chi connectivity index (χ2v) is 10.8. The van der Waals surface area contributed by atoms with Gasteiger partial charge in [0.1, 0.15) is 0 Å². The molecule has 39 heavy (non-hydrogen) atoms. The number of benzene rings is 6. The molecular formula is C36H25IN2. The van der Waals surface area contributed by atoms with Crippen LogP contribution < -0.4 is 0 Å². The maximum Gasteiger partial charge on any atom is 0.0541 e. The molecule has 0 aliphatic heterocycles. The highest BCUT2D eigenvalue weighted by Crippen LogP contribution is 2.33. The first-order valence-electron chi connectivity index (χ1n) is 13.1. The van der Waals surface area contributed by atoms with E-state index < -0.39 is 0 Å². The van der Waals surface area contributed by atoms with Crippen LogP contribution in [0.1, 0.15) is 0 Å². The Morgan fingerprint density at radius 3 is 1.15 bits per heavy atom. The summed E-state index contributed by atoms with van der Waals surface area (Å²) in [7, 11) is 0. The molecular weight excluding hydrogens is 587 g/mol. The lowest BCUT2D eigenvalue weighted by Gasteiger charge is -2.07. The average Bonchev–Trinajstić information content (AvgIpc) is 3.51. The molecule has 2 heterocycles.